The number of aryl methyl sites for hydroxylation is 3. The lowest BCUT2D eigenvalue weighted by Crippen LogP contribution is -2.58. The van der Waals surface area contributed by atoms with Gasteiger partial charge in [-0.3, -0.25) is 9.59 Å². The first kappa shape index (κ1) is 25.5. The molecule has 10 heteroatoms. The second-order valence-electron chi connectivity index (χ2n) is 9.13. The predicted molar refractivity (Wildman–Crippen MR) is 131 cm³/mol. The van der Waals surface area contributed by atoms with E-state index in [4.69, 9.17) is 25.8 Å². The molecule has 1 aromatic carbocycles. The van der Waals surface area contributed by atoms with Crippen LogP contribution >= 0.6 is 11.6 Å². The van der Waals surface area contributed by atoms with Gasteiger partial charge in [0.1, 0.15) is 23.8 Å². The monoisotopic (exact) mass is 504 g/mol. The van der Waals surface area contributed by atoms with Crippen LogP contribution in [0.5, 0.6) is 5.75 Å². The van der Waals surface area contributed by atoms with Crippen molar-refractivity contribution in [3.63, 3.8) is 0 Å². The van der Waals surface area contributed by atoms with Gasteiger partial charge in [-0.15, -0.1) is 0 Å². The fourth-order valence-electron chi connectivity index (χ4n) is 4.44. The minimum Gasteiger partial charge on any atom is -0.490 e. The van der Waals surface area contributed by atoms with Gasteiger partial charge in [0, 0.05) is 50.0 Å². The van der Waals surface area contributed by atoms with E-state index in [9.17, 15) is 9.59 Å². The SMILES string of the molecule is Cc1cc(OC[C@]2(CC(=O)N3CCOCC3)CN(C(=O)CCn3ccnc3C)CCO2)ccc1Cl. The number of aromatic nitrogens is 2. The third kappa shape index (κ3) is 6.54. The number of rotatable bonds is 8. The van der Waals surface area contributed by atoms with Gasteiger partial charge in [-0.2, -0.15) is 0 Å². The fraction of sp³-hybridized carbons (Fsp3) is 0.560. The van der Waals surface area contributed by atoms with Crippen LogP contribution in [0.4, 0.5) is 0 Å². The maximum atomic E-state index is 13.2. The van der Waals surface area contributed by atoms with Crippen LogP contribution in [0.1, 0.15) is 24.2 Å². The van der Waals surface area contributed by atoms with Crippen LogP contribution in [0.3, 0.4) is 0 Å². The molecule has 0 bridgehead atoms. The molecule has 2 fully saturated rings. The van der Waals surface area contributed by atoms with Gasteiger partial charge in [0.2, 0.25) is 11.8 Å². The third-order valence-corrected chi connectivity index (χ3v) is 6.98. The predicted octanol–water partition coefficient (Wildman–Crippen LogP) is 2.47. The second kappa shape index (κ2) is 11.4. The minimum atomic E-state index is -0.943. The Balaban J connectivity index is 1.46. The topological polar surface area (TPSA) is 86.1 Å². The molecular formula is C25H33ClN4O5. The van der Waals surface area contributed by atoms with Crippen molar-refractivity contribution >= 4 is 23.4 Å². The molecule has 0 N–H and O–H groups in total. The first-order chi connectivity index (χ1) is 16.8. The average molecular weight is 505 g/mol. The lowest BCUT2D eigenvalue weighted by Gasteiger charge is -2.43. The molecule has 2 saturated heterocycles. The number of imidazole rings is 1. The Morgan fingerprint density at radius 2 is 1.89 bits per heavy atom. The molecule has 1 aromatic heterocycles. The summed E-state index contributed by atoms with van der Waals surface area (Å²) in [5.41, 5.74) is -0.0411. The van der Waals surface area contributed by atoms with Gasteiger partial charge < -0.3 is 28.6 Å². The van der Waals surface area contributed by atoms with Crippen molar-refractivity contribution < 1.29 is 23.8 Å². The number of hydrogen-bond acceptors (Lipinski definition) is 6. The van der Waals surface area contributed by atoms with E-state index in [0.717, 1.165) is 11.4 Å². The summed E-state index contributed by atoms with van der Waals surface area (Å²) in [4.78, 5) is 34.1. The maximum Gasteiger partial charge on any atom is 0.225 e. The summed E-state index contributed by atoms with van der Waals surface area (Å²) in [6.07, 6.45) is 4.08. The number of carbonyl (C=O) groups is 2. The van der Waals surface area contributed by atoms with Crippen molar-refractivity contribution in [2.45, 2.75) is 38.8 Å². The summed E-state index contributed by atoms with van der Waals surface area (Å²) < 4.78 is 19.7. The number of ether oxygens (including phenoxy) is 3. The largest absolute Gasteiger partial charge is 0.490 e. The van der Waals surface area contributed by atoms with E-state index >= 15 is 0 Å². The Kier molecular flexibility index (Phi) is 8.30. The molecule has 1 atom stereocenters. The Bertz CT molecular complexity index is 1040. The molecule has 2 aliphatic heterocycles. The molecule has 4 rings (SSSR count). The summed E-state index contributed by atoms with van der Waals surface area (Å²) in [6.45, 7) is 7.80. The van der Waals surface area contributed by atoms with Gasteiger partial charge in [0.15, 0.2) is 0 Å². The lowest BCUT2D eigenvalue weighted by atomic mass is 9.96. The maximum absolute atomic E-state index is 13.2. The smallest absolute Gasteiger partial charge is 0.225 e. The zero-order valence-electron chi connectivity index (χ0n) is 20.4. The molecule has 9 nitrogen and oxygen atoms in total. The molecule has 3 heterocycles. The van der Waals surface area contributed by atoms with Crippen molar-refractivity contribution in [2.24, 2.45) is 0 Å². The van der Waals surface area contributed by atoms with Crippen LogP contribution in [0.25, 0.3) is 0 Å². The van der Waals surface area contributed by atoms with Crippen molar-refractivity contribution in [1.29, 1.82) is 0 Å². The van der Waals surface area contributed by atoms with Gasteiger partial charge >= 0.3 is 0 Å². The van der Waals surface area contributed by atoms with E-state index in [1.54, 1.807) is 28.1 Å². The van der Waals surface area contributed by atoms with Gasteiger partial charge in [0.05, 0.1) is 32.8 Å². The van der Waals surface area contributed by atoms with E-state index in [0.29, 0.717) is 63.2 Å². The van der Waals surface area contributed by atoms with Gasteiger partial charge in [0.25, 0.3) is 0 Å². The van der Waals surface area contributed by atoms with Gasteiger partial charge in [-0.25, -0.2) is 4.98 Å². The normalized spacial score (nSPS) is 20.7. The van der Waals surface area contributed by atoms with Crippen LogP contribution in [0.2, 0.25) is 5.02 Å². The average Bonchev–Trinajstić information content (AvgIpc) is 3.28. The van der Waals surface area contributed by atoms with Crippen LogP contribution in [0.15, 0.2) is 30.6 Å². The molecule has 35 heavy (non-hydrogen) atoms. The highest BCUT2D eigenvalue weighted by Gasteiger charge is 2.42. The molecule has 2 aromatic rings. The Morgan fingerprint density at radius 1 is 1.11 bits per heavy atom. The molecule has 0 radical (unpaired) electrons. The van der Waals surface area contributed by atoms with Crippen LogP contribution in [-0.2, 0) is 25.6 Å². The van der Waals surface area contributed by atoms with E-state index in [-0.39, 0.29) is 31.4 Å². The van der Waals surface area contributed by atoms with E-state index < -0.39 is 5.60 Å². The third-order valence-electron chi connectivity index (χ3n) is 6.56. The number of amides is 2. The van der Waals surface area contributed by atoms with Crippen molar-refractivity contribution in [3.05, 3.63) is 47.0 Å². The number of morpholine rings is 2. The highest BCUT2D eigenvalue weighted by molar-refractivity contribution is 6.31. The standard InChI is InChI=1S/C25H33ClN4O5/c1-19-15-21(3-4-22(19)26)34-18-25(16-24(32)29-9-12-33-13-10-29)17-30(11-14-35-25)23(31)5-7-28-8-6-27-20(28)2/h3-4,6,8,15H,5,7,9-14,16-18H2,1-2H3/t25-/m0/s1. The van der Waals surface area contributed by atoms with Crippen LogP contribution < -0.4 is 4.74 Å². The molecule has 0 spiro atoms. The van der Waals surface area contributed by atoms with Gasteiger partial charge in [-0.1, -0.05) is 11.6 Å². The number of benzene rings is 1. The highest BCUT2D eigenvalue weighted by atomic mass is 35.5. The summed E-state index contributed by atoms with van der Waals surface area (Å²) >= 11 is 6.15. The molecule has 2 aliphatic rings. The van der Waals surface area contributed by atoms with E-state index in [1.165, 1.54) is 0 Å². The molecule has 190 valence electrons. The van der Waals surface area contributed by atoms with Crippen LogP contribution in [-0.4, -0.2) is 89.4 Å². The van der Waals surface area contributed by atoms with Crippen LogP contribution in [0, 0.1) is 13.8 Å². The Hall–Kier alpha value is -2.62. The van der Waals surface area contributed by atoms with Crippen molar-refractivity contribution in [2.75, 3.05) is 52.6 Å². The summed E-state index contributed by atoms with van der Waals surface area (Å²) in [6, 6.07) is 5.44. The molecule has 0 saturated carbocycles. The molecular weight excluding hydrogens is 472 g/mol. The molecule has 0 unspecified atom stereocenters. The minimum absolute atomic E-state index is 0.0203. The summed E-state index contributed by atoms with van der Waals surface area (Å²) in [5, 5.41) is 0.661. The van der Waals surface area contributed by atoms with Gasteiger partial charge in [-0.05, 0) is 37.6 Å². The number of halogens is 1. The molecule has 0 aliphatic carbocycles. The second-order valence-corrected chi connectivity index (χ2v) is 9.54. The summed E-state index contributed by atoms with van der Waals surface area (Å²) in [7, 11) is 0. The fourth-order valence-corrected chi connectivity index (χ4v) is 4.56. The number of carbonyl (C=O) groups excluding carboxylic acids is 2. The highest BCUT2D eigenvalue weighted by Crippen LogP contribution is 2.28. The summed E-state index contributed by atoms with van der Waals surface area (Å²) in [5.74, 6) is 1.52. The Morgan fingerprint density at radius 3 is 2.60 bits per heavy atom. The zero-order chi connectivity index (χ0) is 24.8. The van der Waals surface area contributed by atoms with E-state index in [2.05, 4.69) is 4.98 Å². The molecule has 2 amide bonds. The first-order valence-electron chi connectivity index (χ1n) is 12.0. The van der Waals surface area contributed by atoms with Crippen molar-refractivity contribution in [1.82, 2.24) is 19.4 Å². The van der Waals surface area contributed by atoms with Crippen molar-refractivity contribution in [3.8, 4) is 5.75 Å². The van der Waals surface area contributed by atoms with E-state index in [1.807, 2.05) is 30.7 Å². The first-order valence-corrected chi connectivity index (χ1v) is 12.4. The Labute approximate surface area is 210 Å². The lowest BCUT2D eigenvalue weighted by molar-refractivity contribution is -0.167. The quantitative estimate of drug-likeness (QED) is 0.549. The zero-order valence-corrected chi connectivity index (χ0v) is 21.1. The number of nitrogens with zero attached hydrogens (tertiary/aromatic N) is 4. The number of hydrogen-bond donors (Lipinski definition) is 0.